The van der Waals surface area contributed by atoms with Gasteiger partial charge in [-0.3, -0.25) is 4.98 Å². The van der Waals surface area contributed by atoms with Crippen LogP contribution in [0.15, 0.2) is 73.5 Å². The Morgan fingerprint density at radius 2 is 2.03 bits per heavy atom. The highest BCUT2D eigenvalue weighted by Crippen LogP contribution is 2.20. The van der Waals surface area contributed by atoms with Crippen LogP contribution in [-0.4, -0.2) is 34.0 Å². The van der Waals surface area contributed by atoms with E-state index in [2.05, 4.69) is 56.9 Å². The third kappa shape index (κ3) is 5.16. The lowest BCUT2D eigenvalue weighted by atomic mass is 10.0. The molecule has 1 unspecified atom stereocenters. The summed E-state index contributed by atoms with van der Waals surface area (Å²) in [5.74, 6) is 0.846. The van der Waals surface area contributed by atoms with Gasteiger partial charge in [-0.2, -0.15) is 0 Å². The van der Waals surface area contributed by atoms with E-state index in [0.29, 0.717) is 12.6 Å². The molecular formula is C24H28ClN5. The average molecular weight is 422 g/mol. The van der Waals surface area contributed by atoms with E-state index < -0.39 is 0 Å². The molecule has 156 valence electrons. The third-order valence-corrected chi connectivity index (χ3v) is 5.77. The summed E-state index contributed by atoms with van der Waals surface area (Å²) in [6, 6.07) is 12.4. The number of allylic oxidation sites excluding steroid dienone is 1. The highest BCUT2D eigenvalue weighted by molar-refractivity contribution is 6.31. The van der Waals surface area contributed by atoms with E-state index in [1.807, 2.05) is 30.6 Å². The smallest absolute Gasteiger partial charge is 0.0918 e. The molecular weight excluding hydrogens is 394 g/mol. The summed E-state index contributed by atoms with van der Waals surface area (Å²) in [7, 11) is 0. The Morgan fingerprint density at radius 1 is 1.20 bits per heavy atom. The van der Waals surface area contributed by atoms with E-state index in [-0.39, 0.29) is 0 Å². The molecule has 2 aromatic heterocycles. The Morgan fingerprint density at radius 3 is 2.87 bits per heavy atom. The first kappa shape index (κ1) is 20.4. The molecule has 0 spiro atoms. The second kappa shape index (κ2) is 9.26. The first-order valence-electron chi connectivity index (χ1n) is 10.3. The maximum Gasteiger partial charge on any atom is 0.0918 e. The SMILES string of the molecule is C=C(NCc1cc2cc(Cl)ccc2[nH]1)NC1CCCN(C(=C)Cc2ccncc2)C1. The normalized spacial score (nSPS) is 16.4. The van der Waals surface area contributed by atoms with Gasteiger partial charge in [0.1, 0.15) is 0 Å². The number of fused-ring (bicyclic) bond motifs is 1. The van der Waals surface area contributed by atoms with Gasteiger partial charge in [-0.1, -0.05) is 24.8 Å². The molecule has 1 aliphatic rings. The van der Waals surface area contributed by atoms with Crippen molar-refractivity contribution in [3.8, 4) is 0 Å². The van der Waals surface area contributed by atoms with Gasteiger partial charge in [0.25, 0.3) is 0 Å². The second-order valence-corrected chi connectivity index (χ2v) is 8.32. The van der Waals surface area contributed by atoms with Gasteiger partial charge in [-0.05, 0) is 54.8 Å². The van der Waals surface area contributed by atoms with Crippen LogP contribution in [0.5, 0.6) is 0 Å². The van der Waals surface area contributed by atoms with Crippen molar-refractivity contribution < 1.29 is 0 Å². The molecule has 0 radical (unpaired) electrons. The summed E-state index contributed by atoms with van der Waals surface area (Å²) in [5.41, 5.74) is 4.59. The zero-order valence-electron chi connectivity index (χ0n) is 17.1. The zero-order chi connectivity index (χ0) is 20.9. The predicted molar refractivity (Wildman–Crippen MR) is 124 cm³/mol. The molecule has 30 heavy (non-hydrogen) atoms. The van der Waals surface area contributed by atoms with E-state index in [4.69, 9.17) is 11.6 Å². The third-order valence-electron chi connectivity index (χ3n) is 5.54. The number of benzene rings is 1. The average Bonchev–Trinajstić information content (AvgIpc) is 3.15. The van der Waals surface area contributed by atoms with Crippen LogP contribution < -0.4 is 10.6 Å². The molecule has 3 N–H and O–H groups in total. The Balaban J connectivity index is 1.26. The van der Waals surface area contributed by atoms with Crippen LogP contribution in [0.2, 0.25) is 5.02 Å². The van der Waals surface area contributed by atoms with Crippen LogP contribution in [-0.2, 0) is 13.0 Å². The molecule has 5 nitrogen and oxygen atoms in total. The van der Waals surface area contributed by atoms with Crippen molar-refractivity contribution in [3.63, 3.8) is 0 Å². The van der Waals surface area contributed by atoms with Crippen LogP contribution in [0.25, 0.3) is 10.9 Å². The molecule has 3 heterocycles. The Labute approximate surface area is 182 Å². The van der Waals surface area contributed by atoms with Gasteiger partial charge in [0.2, 0.25) is 0 Å². The van der Waals surface area contributed by atoms with E-state index >= 15 is 0 Å². The summed E-state index contributed by atoms with van der Waals surface area (Å²) in [4.78, 5) is 9.89. The summed E-state index contributed by atoms with van der Waals surface area (Å²) < 4.78 is 0. The van der Waals surface area contributed by atoms with Crippen molar-refractivity contribution in [2.24, 2.45) is 0 Å². The van der Waals surface area contributed by atoms with Crippen molar-refractivity contribution in [3.05, 3.63) is 89.7 Å². The molecule has 1 fully saturated rings. The monoisotopic (exact) mass is 421 g/mol. The summed E-state index contributed by atoms with van der Waals surface area (Å²) in [6.07, 6.45) is 6.80. The number of likely N-dealkylation sites (tertiary alicyclic amines) is 1. The highest BCUT2D eigenvalue weighted by atomic mass is 35.5. The van der Waals surface area contributed by atoms with E-state index in [1.165, 1.54) is 5.56 Å². The molecule has 0 saturated carbocycles. The number of H-pyrrole nitrogens is 1. The summed E-state index contributed by atoms with van der Waals surface area (Å²) in [6.45, 7) is 11.2. The summed E-state index contributed by atoms with van der Waals surface area (Å²) in [5, 5.41) is 8.80. The topological polar surface area (TPSA) is 56.0 Å². The number of nitrogens with one attached hydrogen (secondary N) is 3. The number of aromatic amines is 1. The number of nitrogens with zero attached hydrogens (tertiary/aromatic N) is 2. The molecule has 1 aromatic carbocycles. The largest absolute Gasteiger partial charge is 0.373 e. The molecule has 0 amide bonds. The molecule has 0 aliphatic carbocycles. The summed E-state index contributed by atoms with van der Waals surface area (Å²) >= 11 is 6.08. The fraction of sp³-hybridized carbons (Fsp3) is 0.292. The second-order valence-electron chi connectivity index (χ2n) is 7.89. The molecule has 3 aromatic rings. The van der Waals surface area contributed by atoms with Gasteiger partial charge in [-0.15, -0.1) is 0 Å². The van der Waals surface area contributed by atoms with Crippen molar-refractivity contribution >= 4 is 22.5 Å². The van der Waals surface area contributed by atoms with Crippen LogP contribution in [0.3, 0.4) is 0 Å². The zero-order valence-corrected chi connectivity index (χ0v) is 17.9. The fourth-order valence-electron chi connectivity index (χ4n) is 3.99. The van der Waals surface area contributed by atoms with E-state index in [0.717, 1.165) is 65.5 Å². The number of hydrogen-bond donors (Lipinski definition) is 3. The minimum Gasteiger partial charge on any atom is -0.373 e. The van der Waals surface area contributed by atoms with Crippen molar-refractivity contribution in [1.29, 1.82) is 0 Å². The molecule has 4 rings (SSSR count). The van der Waals surface area contributed by atoms with E-state index in [9.17, 15) is 0 Å². The minimum absolute atomic E-state index is 0.356. The van der Waals surface area contributed by atoms with Crippen LogP contribution in [0.1, 0.15) is 24.1 Å². The highest BCUT2D eigenvalue weighted by Gasteiger charge is 2.21. The predicted octanol–water partition coefficient (Wildman–Crippen LogP) is 4.59. The van der Waals surface area contributed by atoms with Gasteiger partial charge in [0, 0.05) is 65.3 Å². The minimum atomic E-state index is 0.356. The van der Waals surface area contributed by atoms with Gasteiger partial charge in [0.05, 0.1) is 12.4 Å². The first-order chi connectivity index (χ1) is 14.6. The lowest BCUT2D eigenvalue weighted by Crippen LogP contribution is -2.46. The first-order valence-corrected chi connectivity index (χ1v) is 10.7. The van der Waals surface area contributed by atoms with Crippen molar-refractivity contribution in [2.75, 3.05) is 13.1 Å². The Hall–Kier alpha value is -2.92. The maximum absolute atomic E-state index is 6.08. The molecule has 1 atom stereocenters. The quantitative estimate of drug-likeness (QED) is 0.498. The van der Waals surface area contributed by atoms with Gasteiger partial charge >= 0.3 is 0 Å². The van der Waals surface area contributed by atoms with Crippen LogP contribution >= 0.6 is 11.6 Å². The van der Waals surface area contributed by atoms with Crippen LogP contribution in [0, 0.1) is 0 Å². The number of hydrogen-bond acceptors (Lipinski definition) is 4. The van der Waals surface area contributed by atoms with Crippen molar-refractivity contribution in [2.45, 2.75) is 31.8 Å². The number of aromatic nitrogens is 2. The Bertz CT molecular complexity index is 1030. The van der Waals surface area contributed by atoms with Crippen LogP contribution in [0.4, 0.5) is 0 Å². The molecule has 1 aliphatic heterocycles. The molecule has 6 heteroatoms. The van der Waals surface area contributed by atoms with Gasteiger partial charge < -0.3 is 20.5 Å². The molecule has 1 saturated heterocycles. The lowest BCUT2D eigenvalue weighted by molar-refractivity contribution is 0.237. The lowest BCUT2D eigenvalue weighted by Gasteiger charge is -2.36. The molecule has 0 bridgehead atoms. The van der Waals surface area contributed by atoms with E-state index in [1.54, 1.807) is 0 Å². The Kier molecular flexibility index (Phi) is 6.29. The van der Waals surface area contributed by atoms with Crippen molar-refractivity contribution in [1.82, 2.24) is 25.5 Å². The maximum atomic E-state index is 6.08. The fourth-order valence-corrected chi connectivity index (χ4v) is 4.17. The number of pyridine rings is 1. The number of rotatable bonds is 8. The number of piperidine rings is 1. The van der Waals surface area contributed by atoms with Gasteiger partial charge in [-0.25, -0.2) is 0 Å². The van der Waals surface area contributed by atoms with Gasteiger partial charge in [0.15, 0.2) is 0 Å². The standard InChI is InChI=1S/C24H28ClN5/c1-17(12-19-7-9-26-10-8-19)30-11-3-4-22(16-30)28-18(2)27-15-23-14-20-13-21(25)5-6-24(20)29-23/h5-10,13-14,22,27-29H,1-4,11-12,15-16H2. The number of halogens is 1.